The van der Waals surface area contributed by atoms with Gasteiger partial charge in [0.2, 0.25) is 0 Å². The van der Waals surface area contributed by atoms with E-state index in [9.17, 15) is 9.59 Å². The van der Waals surface area contributed by atoms with Crippen molar-refractivity contribution >= 4 is 11.9 Å². The molecule has 0 bridgehead atoms. The lowest BCUT2D eigenvalue weighted by Gasteiger charge is -2.13. The van der Waals surface area contributed by atoms with Crippen LogP contribution in [-0.4, -0.2) is 29.4 Å². The molecule has 0 aliphatic carbocycles. The lowest BCUT2D eigenvalue weighted by Crippen LogP contribution is -2.30. The average Bonchev–Trinajstić information content (AvgIpc) is 2.75. The Hall–Kier alpha value is -2.32. The van der Waals surface area contributed by atoms with Crippen LogP contribution in [0, 0.1) is 11.8 Å². The third-order valence-electron chi connectivity index (χ3n) is 3.31. The fourth-order valence-corrected chi connectivity index (χ4v) is 2.24. The van der Waals surface area contributed by atoms with Crippen molar-refractivity contribution in [1.82, 2.24) is 10.2 Å². The molecule has 1 fully saturated rings. The van der Waals surface area contributed by atoms with Gasteiger partial charge in [-0.15, -0.1) is 0 Å². The van der Waals surface area contributed by atoms with Crippen molar-refractivity contribution < 1.29 is 9.59 Å². The molecular formula is C16H19N3O2. The Morgan fingerprint density at radius 1 is 1.29 bits per heavy atom. The van der Waals surface area contributed by atoms with E-state index in [1.807, 2.05) is 31.2 Å². The van der Waals surface area contributed by atoms with Gasteiger partial charge in [-0.2, -0.15) is 0 Å². The molecule has 21 heavy (non-hydrogen) atoms. The topological polar surface area (TPSA) is 75.4 Å². The molecule has 1 saturated heterocycles. The maximum absolute atomic E-state index is 12.1. The van der Waals surface area contributed by atoms with E-state index in [2.05, 4.69) is 17.2 Å². The number of rotatable bonds is 4. The van der Waals surface area contributed by atoms with Gasteiger partial charge in [-0.25, -0.2) is 4.79 Å². The second kappa shape index (κ2) is 6.91. The Kier molecular flexibility index (Phi) is 4.96. The maximum Gasteiger partial charge on any atom is 0.325 e. The zero-order valence-corrected chi connectivity index (χ0v) is 12.1. The second-order valence-electron chi connectivity index (χ2n) is 4.92. The van der Waals surface area contributed by atoms with Gasteiger partial charge in [0.15, 0.2) is 0 Å². The molecule has 1 aliphatic heterocycles. The quantitative estimate of drug-likeness (QED) is 0.645. The first kappa shape index (κ1) is 15.1. The van der Waals surface area contributed by atoms with Gasteiger partial charge in [0.1, 0.15) is 6.04 Å². The van der Waals surface area contributed by atoms with E-state index in [-0.39, 0.29) is 24.5 Å². The fraction of sp³-hybridized carbons (Fsp3) is 0.375. The van der Waals surface area contributed by atoms with Crippen LogP contribution in [0.2, 0.25) is 0 Å². The van der Waals surface area contributed by atoms with Crippen LogP contribution in [0.4, 0.5) is 4.79 Å². The van der Waals surface area contributed by atoms with Crippen LogP contribution in [0.5, 0.6) is 0 Å². The summed E-state index contributed by atoms with van der Waals surface area (Å²) in [5.74, 6) is 5.57. The first-order chi connectivity index (χ1) is 10.2. The van der Waals surface area contributed by atoms with Gasteiger partial charge in [-0.3, -0.25) is 9.69 Å². The van der Waals surface area contributed by atoms with Crippen LogP contribution in [0.3, 0.4) is 0 Å². The minimum atomic E-state index is -0.378. The smallest absolute Gasteiger partial charge is 0.325 e. The predicted molar refractivity (Wildman–Crippen MR) is 80.2 cm³/mol. The van der Waals surface area contributed by atoms with E-state index in [0.717, 1.165) is 17.5 Å². The van der Waals surface area contributed by atoms with E-state index in [1.165, 1.54) is 4.90 Å². The Morgan fingerprint density at radius 3 is 2.62 bits per heavy atom. The largest absolute Gasteiger partial charge is 0.326 e. The zero-order valence-electron chi connectivity index (χ0n) is 12.1. The third-order valence-corrected chi connectivity index (χ3v) is 3.31. The molecule has 5 nitrogen and oxygen atoms in total. The molecule has 0 saturated carbocycles. The highest BCUT2D eigenvalue weighted by Gasteiger charge is 2.36. The van der Waals surface area contributed by atoms with Gasteiger partial charge < -0.3 is 11.1 Å². The molecule has 3 N–H and O–H groups in total. The standard InChI is InChI=1S/C16H19N3O2/c1-2-4-14-15(20)19(16(21)18-14)11-13-8-6-12(7-9-13)5-3-10-17/h6-9,14H,2,4,10-11,17H2,1H3,(H,18,21). The molecule has 1 aromatic carbocycles. The molecule has 0 spiro atoms. The molecule has 1 aromatic rings. The summed E-state index contributed by atoms with van der Waals surface area (Å²) in [5, 5.41) is 2.72. The van der Waals surface area contributed by atoms with E-state index in [4.69, 9.17) is 5.73 Å². The van der Waals surface area contributed by atoms with Crippen molar-refractivity contribution in [3.05, 3.63) is 35.4 Å². The zero-order chi connectivity index (χ0) is 15.2. The molecule has 0 radical (unpaired) electrons. The van der Waals surface area contributed by atoms with Crippen molar-refractivity contribution in [2.24, 2.45) is 5.73 Å². The number of carbonyl (C=O) groups excluding carboxylic acids is 2. The number of imide groups is 1. The normalized spacial score (nSPS) is 17.4. The summed E-state index contributed by atoms with van der Waals surface area (Å²) in [4.78, 5) is 25.2. The van der Waals surface area contributed by atoms with Crippen molar-refractivity contribution in [3.8, 4) is 11.8 Å². The second-order valence-corrected chi connectivity index (χ2v) is 4.92. The molecule has 1 atom stereocenters. The van der Waals surface area contributed by atoms with Crippen molar-refractivity contribution in [3.63, 3.8) is 0 Å². The number of nitrogens with one attached hydrogen (secondary N) is 1. The number of nitrogens with two attached hydrogens (primary N) is 1. The minimum Gasteiger partial charge on any atom is -0.326 e. The van der Waals surface area contributed by atoms with Crippen LogP contribution in [0.1, 0.15) is 30.9 Å². The van der Waals surface area contributed by atoms with Crippen LogP contribution < -0.4 is 11.1 Å². The molecular weight excluding hydrogens is 266 g/mol. The molecule has 3 amide bonds. The van der Waals surface area contributed by atoms with Crippen molar-refractivity contribution in [2.45, 2.75) is 32.4 Å². The van der Waals surface area contributed by atoms with Gasteiger partial charge in [0.25, 0.3) is 5.91 Å². The SMILES string of the molecule is CCCC1NC(=O)N(Cc2ccc(C#CCN)cc2)C1=O. The van der Waals surface area contributed by atoms with Gasteiger partial charge in [0.05, 0.1) is 13.1 Å². The molecule has 1 heterocycles. The Balaban J connectivity index is 2.04. The van der Waals surface area contributed by atoms with Crippen LogP contribution in [0.25, 0.3) is 0 Å². The van der Waals surface area contributed by atoms with Gasteiger partial charge in [-0.05, 0) is 24.1 Å². The third kappa shape index (κ3) is 3.61. The first-order valence-corrected chi connectivity index (χ1v) is 7.05. The molecule has 0 aromatic heterocycles. The van der Waals surface area contributed by atoms with E-state index < -0.39 is 0 Å². The van der Waals surface area contributed by atoms with Crippen LogP contribution >= 0.6 is 0 Å². The van der Waals surface area contributed by atoms with E-state index >= 15 is 0 Å². The number of hydrogen-bond donors (Lipinski definition) is 2. The summed E-state index contributed by atoms with van der Waals surface area (Å²) in [7, 11) is 0. The Bertz CT molecular complexity index is 584. The van der Waals surface area contributed by atoms with E-state index in [0.29, 0.717) is 13.0 Å². The lowest BCUT2D eigenvalue weighted by atomic mass is 10.1. The summed E-state index contributed by atoms with van der Waals surface area (Å²) in [5.41, 5.74) is 7.08. The number of nitrogens with zero attached hydrogens (tertiary/aromatic N) is 1. The van der Waals surface area contributed by atoms with Gasteiger partial charge in [-0.1, -0.05) is 37.3 Å². The highest BCUT2D eigenvalue weighted by atomic mass is 16.2. The summed E-state index contributed by atoms with van der Waals surface area (Å²) in [6.07, 6.45) is 1.54. The van der Waals surface area contributed by atoms with Crippen LogP contribution in [0.15, 0.2) is 24.3 Å². The summed E-state index contributed by atoms with van der Waals surface area (Å²) in [6, 6.07) is 6.77. The summed E-state index contributed by atoms with van der Waals surface area (Å²) < 4.78 is 0. The minimum absolute atomic E-state index is 0.145. The molecule has 1 aliphatic rings. The number of amides is 3. The van der Waals surface area contributed by atoms with Crippen LogP contribution in [-0.2, 0) is 11.3 Å². The lowest BCUT2D eigenvalue weighted by molar-refractivity contribution is -0.128. The Labute approximate surface area is 124 Å². The number of hydrogen-bond acceptors (Lipinski definition) is 3. The number of carbonyl (C=O) groups is 2. The average molecular weight is 285 g/mol. The molecule has 2 rings (SSSR count). The predicted octanol–water partition coefficient (Wildman–Crippen LogP) is 1.22. The molecule has 5 heteroatoms. The fourth-order valence-electron chi connectivity index (χ4n) is 2.24. The first-order valence-electron chi connectivity index (χ1n) is 7.05. The van der Waals surface area contributed by atoms with Crippen molar-refractivity contribution in [1.29, 1.82) is 0 Å². The molecule has 1 unspecified atom stereocenters. The highest BCUT2D eigenvalue weighted by molar-refractivity contribution is 6.04. The monoisotopic (exact) mass is 285 g/mol. The maximum atomic E-state index is 12.1. The summed E-state index contributed by atoms with van der Waals surface area (Å²) >= 11 is 0. The number of benzene rings is 1. The van der Waals surface area contributed by atoms with Gasteiger partial charge in [0, 0.05) is 5.56 Å². The van der Waals surface area contributed by atoms with Gasteiger partial charge >= 0.3 is 6.03 Å². The van der Waals surface area contributed by atoms with Crippen molar-refractivity contribution in [2.75, 3.05) is 6.54 Å². The highest BCUT2D eigenvalue weighted by Crippen LogP contribution is 2.15. The Morgan fingerprint density at radius 2 is 2.00 bits per heavy atom. The van der Waals surface area contributed by atoms with E-state index in [1.54, 1.807) is 0 Å². The summed E-state index contributed by atoms with van der Waals surface area (Å²) in [6.45, 7) is 2.60. The molecule has 110 valence electrons. The number of urea groups is 1.